The van der Waals surface area contributed by atoms with Gasteiger partial charge in [0.05, 0.1) is 12.8 Å². The Morgan fingerprint density at radius 1 is 1.03 bits per heavy atom. The van der Waals surface area contributed by atoms with Crippen LogP contribution in [0.4, 0.5) is 14.9 Å². The van der Waals surface area contributed by atoms with E-state index in [0.717, 1.165) is 12.2 Å². The van der Waals surface area contributed by atoms with Crippen molar-refractivity contribution in [3.8, 4) is 5.75 Å². The lowest BCUT2D eigenvalue weighted by atomic mass is 10.1. The Morgan fingerprint density at radius 2 is 1.76 bits per heavy atom. The highest BCUT2D eigenvalue weighted by Gasteiger charge is 2.03. The molecular formula is C23H29FN2O3. The summed E-state index contributed by atoms with van der Waals surface area (Å²) in [5, 5.41) is 6.11. The first-order valence-electron chi connectivity index (χ1n) is 10.2. The van der Waals surface area contributed by atoms with Crippen LogP contribution in [0.3, 0.4) is 0 Å². The van der Waals surface area contributed by atoms with Gasteiger partial charge in [0.1, 0.15) is 11.6 Å². The second-order valence-corrected chi connectivity index (χ2v) is 6.79. The Labute approximate surface area is 171 Å². The maximum atomic E-state index is 13.1. The summed E-state index contributed by atoms with van der Waals surface area (Å²) in [4.78, 5) is 16.5. The highest BCUT2D eigenvalue weighted by Crippen LogP contribution is 2.16. The molecule has 0 aliphatic rings. The van der Waals surface area contributed by atoms with E-state index in [4.69, 9.17) is 9.57 Å². The normalized spacial score (nSPS) is 10.8. The van der Waals surface area contributed by atoms with Gasteiger partial charge >= 0.3 is 6.09 Å². The molecule has 0 bridgehead atoms. The van der Waals surface area contributed by atoms with E-state index >= 15 is 0 Å². The third-order valence-corrected chi connectivity index (χ3v) is 4.30. The number of nitrogens with zero attached hydrogens (tertiary/aromatic N) is 1. The number of benzene rings is 2. The van der Waals surface area contributed by atoms with Gasteiger partial charge in [0.25, 0.3) is 0 Å². The number of carbonyl (C=O) groups excluding carboxylic acids is 1. The summed E-state index contributed by atoms with van der Waals surface area (Å²) in [7, 11) is 0. The highest BCUT2D eigenvalue weighted by atomic mass is 19.1. The molecule has 2 aromatic carbocycles. The summed E-state index contributed by atoms with van der Waals surface area (Å²) in [5.74, 6) is 0.381. The maximum absolute atomic E-state index is 13.1. The molecule has 0 aliphatic heterocycles. The average Bonchev–Trinajstić information content (AvgIpc) is 2.71. The van der Waals surface area contributed by atoms with E-state index in [-0.39, 0.29) is 5.82 Å². The van der Waals surface area contributed by atoms with Gasteiger partial charge in [-0.05, 0) is 48.4 Å². The molecule has 0 saturated heterocycles. The van der Waals surface area contributed by atoms with E-state index in [9.17, 15) is 9.18 Å². The van der Waals surface area contributed by atoms with Crippen molar-refractivity contribution in [1.82, 2.24) is 0 Å². The van der Waals surface area contributed by atoms with Crippen molar-refractivity contribution in [2.24, 2.45) is 5.16 Å². The fraction of sp³-hybridized carbons (Fsp3) is 0.391. The molecular weight excluding hydrogens is 371 g/mol. The molecule has 2 rings (SSSR count). The standard InChI is InChI=1S/C23H29FN2O3/c1-2-3-4-5-6-7-8-16-28-22-14-12-21(13-15-22)26-23(27)29-25-18-19-10-9-11-20(24)17-19/h9-15,17-18H,2-8,16H2,1H3,(H,26,27). The minimum absolute atomic E-state index is 0.382. The van der Waals surface area contributed by atoms with Crippen molar-refractivity contribution in [3.05, 3.63) is 59.9 Å². The van der Waals surface area contributed by atoms with Gasteiger partial charge in [-0.15, -0.1) is 0 Å². The van der Waals surface area contributed by atoms with E-state index < -0.39 is 6.09 Å². The van der Waals surface area contributed by atoms with Gasteiger partial charge in [-0.2, -0.15) is 0 Å². The zero-order valence-corrected chi connectivity index (χ0v) is 16.9. The number of rotatable bonds is 12. The number of hydrogen-bond donors (Lipinski definition) is 1. The number of halogens is 1. The van der Waals surface area contributed by atoms with Crippen molar-refractivity contribution in [1.29, 1.82) is 0 Å². The SMILES string of the molecule is CCCCCCCCCOc1ccc(NC(=O)ON=Cc2cccc(F)c2)cc1. The third-order valence-electron chi connectivity index (χ3n) is 4.30. The van der Waals surface area contributed by atoms with E-state index in [0.29, 0.717) is 17.9 Å². The minimum Gasteiger partial charge on any atom is -0.494 e. The van der Waals surface area contributed by atoms with E-state index in [1.165, 1.54) is 56.9 Å². The van der Waals surface area contributed by atoms with Gasteiger partial charge in [-0.3, -0.25) is 10.2 Å². The molecule has 6 heteroatoms. The van der Waals surface area contributed by atoms with E-state index in [1.807, 2.05) is 0 Å². The van der Waals surface area contributed by atoms with Crippen molar-refractivity contribution in [2.75, 3.05) is 11.9 Å². The molecule has 156 valence electrons. The number of ether oxygens (including phenoxy) is 1. The van der Waals surface area contributed by atoms with E-state index in [1.54, 1.807) is 36.4 Å². The summed E-state index contributed by atoms with van der Waals surface area (Å²) >= 11 is 0. The second-order valence-electron chi connectivity index (χ2n) is 6.79. The fourth-order valence-electron chi connectivity index (χ4n) is 2.75. The summed E-state index contributed by atoms with van der Waals surface area (Å²) in [5.41, 5.74) is 1.07. The summed E-state index contributed by atoms with van der Waals surface area (Å²) in [6.07, 6.45) is 9.25. The van der Waals surface area contributed by atoms with Crippen LogP contribution in [0.15, 0.2) is 53.7 Å². The Morgan fingerprint density at radius 3 is 2.48 bits per heavy atom. The first kappa shape index (κ1) is 22.4. The number of hydrogen-bond acceptors (Lipinski definition) is 4. The Bertz CT molecular complexity index is 763. The molecule has 0 atom stereocenters. The van der Waals surface area contributed by atoms with Crippen molar-refractivity contribution in [3.63, 3.8) is 0 Å². The maximum Gasteiger partial charge on any atom is 0.437 e. The largest absolute Gasteiger partial charge is 0.494 e. The lowest BCUT2D eigenvalue weighted by Crippen LogP contribution is -2.10. The number of anilines is 1. The Kier molecular flexibility index (Phi) is 10.3. The zero-order valence-electron chi connectivity index (χ0n) is 16.9. The van der Waals surface area contributed by atoms with Crippen molar-refractivity contribution in [2.45, 2.75) is 51.9 Å². The number of amides is 1. The van der Waals surface area contributed by atoms with Crippen molar-refractivity contribution < 1.29 is 18.8 Å². The predicted octanol–water partition coefficient (Wildman–Crippen LogP) is 6.54. The van der Waals surface area contributed by atoms with Gasteiger partial charge in [0.2, 0.25) is 0 Å². The van der Waals surface area contributed by atoms with Crippen LogP contribution < -0.4 is 10.1 Å². The smallest absolute Gasteiger partial charge is 0.437 e. The number of oxime groups is 1. The summed E-state index contributed by atoms with van der Waals surface area (Å²) in [6, 6.07) is 12.9. The number of nitrogens with one attached hydrogen (secondary N) is 1. The number of unbranched alkanes of at least 4 members (excludes halogenated alkanes) is 6. The molecule has 1 amide bonds. The van der Waals surface area contributed by atoms with Crippen LogP contribution in [0.25, 0.3) is 0 Å². The third kappa shape index (κ3) is 9.74. The molecule has 5 nitrogen and oxygen atoms in total. The van der Waals surface area contributed by atoms with Crippen LogP contribution >= 0.6 is 0 Å². The quantitative estimate of drug-likeness (QED) is 0.190. The molecule has 29 heavy (non-hydrogen) atoms. The molecule has 0 radical (unpaired) electrons. The monoisotopic (exact) mass is 400 g/mol. The van der Waals surface area contributed by atoms with Crippen molar-refractivity contribution >= 4 is 18.0 Å². The molecule has 2 aromatic rings. The number of carbonyl (C=O) groups is 1. The summed E-state index contributed by atoms with van der Waals surface area (Å²) in [6.45, 7) is 2.91. The van der Waals surface area contributed by atoms with Crippen LogP contribution in [0.1, 0.15) is 57.4 Å². The average molecular weight is 400 g/mol. The van der Waals surface area contributed by atoms with Crippen LogP contribution in [-0.2, 0) is 4.84 Å². The molecule has 0 unspecified atom stereocenters. The molecule has 0 aliphatic carbocycles. The van der Waals surface area contributed by atoms with Crippen LogP contribution in [0, 0.1) is 5.82 Å². The Balaban J connectivity index is 1.63. The van der Waals surface area contributed by atoms with Crippen LogP contribution in [0.5, 0.6) is 5.75 Å². The summed E-state index contributed by atoms with van der Waals surface area (Å²) < 4.78 is 18.8. The molecule has 0 heterocycles. The molecule has 1 N–H and O–H groups in total. The van der Waals surface area contributed by atoms with Gasteiger partial charge < -0.3 is 4.74 Å². The first-order chi connectivity index (χ1) is 14.2. The lowest BCUT2D eigenvalue weighted by molar-refractivity contribution is 0.167. The molecule has 0 spiro atoms. The van der Waals surface area contributed by atoms with E-state index in [2.05, 4.69) is 17.4 Å². The second kappa shape index (κ2) is 13.3. The van der Waals surface area contributed by atoms with Crippen LogP contribution in [-0.4, -0.2) is 18.9 Å². The van der Waals surface area contributed by atoms with Gasteiger partial charge in [-0.1, -0.05) is 62.7 Å². The lowest BCUT2D eigenvalue weighted by Gasteiger charge is -2.07. The highest BCUT2D eigenvalue weighted by molar-refractivity contribution is 5.85. The minimum atomic E-state index is -0.727. The van der Waals surface area contributed by atoms with Gasteiger partial charge in [0, 0.05) is 5.69 Å². The Hall–Kier alpha value is -2.89. The zero-order chi connectivity index (χ0) is 20.7. The predicted molar refractivity (Wildman–Crippen MR) is 114 cm³/mol. The molecule has 0 aromatic heterocycles. The molecule has 0 saturated carbocycles. The topological polar surface area (TPSA) is 59.9 Å². The fourth-order valence-corrected chi connectivity index (χ4v) is 2.75. The van der Waals surface area contributed by atoms with Gasteiger partial charge in [-0.25, -0.2) is 9.18 Å². The van der Waals surface area contributed by atoms with Crippen LogP contribution in [0.2, 0.25) is 0 Å². The van der Waals surface area contributed by atoms with Gasteiger partial charge in [0.15, 0.2) is 0 Å². The molecule has 0 fully saturated rings. The first-order valence-corrected chi connectivity index (χ1v) is 10.2.